The summed E-state index contributed by atoms with van der Waals surface area (Å²) >= 11 is 0. The van der Waals surface area contributed by atoms with Gasteiger partial charge in [-0.3, -0.25) is 4.79 Å². The Morgan fingerprint density at radius 2 is 2.17 bits per heavy atom. The molecule has 7 nitrogen and oxygen atoms in total. The fourth-order valence-electron chi connectivity index (χ4n) is 1.35. The predicted octanol–water partition coefficient (Wildman–Crippen LogP) is 0.856. The zero-order chi connectivity index (χ0) is 13.1. The molecule has 0 aliphatic heterocycles. The van der Waals surface area contributed by atoms with Gasteiger partial charge in [0.1, 0.15) is 11.9 Å². The predicted molar refractivity (Wildman–Crippen MR) is 64.6 cm³/mol. The van der Waals surface area contributed by atoms with Crippen LogP contribution in [0.5, 0.6) is 0 Å². The molecule has 2 N–H and O–H groups in total. The maximum absolute atomic E-state index is 10.7. The molecule has 0 radical (unpaired) electrons. The molecule has 7 heteroatoms. The van der Waals surface area contributed by atoms with E-state index < -0.39 is 12.0 Å². The highest BCUT2D eigenvalue weighted by atomic mass is 16.4. The summed E-state index contributed by atoms with van der Waals surface area (Å²) in [6.07, 6.45) is 1.78. The van der Waals surface area contributed by atoms with Crippen LogP contribution in [-0.4, -0.2) is 37.1 Å². The van der Waals surface area contributed by atoms with Gasteiger partial charge in [0.2, 0.25) is 0 Å². The standard InChI is InChI=1S/C11H13N5O2/c1-7-5-6-16(15-7)10-4-3-9(13-14-10)12-8(2)11(17)18/h3-6,8H,1-2H3,(H,12,13)(H,17,18)/t8-/m0/s1. The molecule has 2 aromatic heterocycles. The second-order valence-electron chi connectivity index (χ2n) is 3.88. The second kappa shape index (κ2) is 4.82. The van der Waals surface area contributed by atoms with E-state index in [0.29, 0.717) is 11.6 Å². The molecule has 1 atom stereocenters. The van der Waals surface area contributed by atoms with Crippen LogP contribution in [0.3, 0.4) is 0 Å². The first kappa shape index (κ1) is 12.0. The molecule has 0 aromatic carbocycles. The Kier molecular flexibility index (Phi) is 3.22. The molecule has 0 unspecified atom stereocenters. The van der Waals surface area contributed by atoms with Gasteiger partial charge in [0, 0.05) is 6.20 Å². The molecule has 2 aromatic rings. The third-order valence-electron chi connectivity index (χ3n) is 2.34. The number of carbonyl (C=O) groups is 1. The van der Waals surface area contributed by atoms with E-state index in [1.54, 1.807) is 23.0 Å². The molecular weight excluding hydrogens is 234 g/mol. The number of rotatable bonds is 4. The summed E-state index contributed by atoms with van der Waals surface area (Å²) < 4.78 is 1.60. The van der Waals surface area contributed by atoms with E-state index in [2.05, 4.69) is 20.6 Å². The van der Waals surface area contributed by atoms with Crippen LogP contribution in [0, 0.1) is 6.92 Å². The molecule has 94 valence electrons. The molecule has 0 aliphatic rings. The van der Waals surface area contributed by atoms with Gasteiger partial charge in [-0.05, 0) is 32.0 Å². The summed E-state index contributed by atoms with van der Waals surface area (Å²) in [6.45, 7) is 3.42. The molecule has 0 aliphatic carbocycles. The van der Waals surface area contributed by atoms with E-state index in [0.717, 1.165) is 5.69 Å². The van der Waals surface area contributed by atoms with Gasteiger partial charge in [-0.25, -0.2) is 4.68 Å². The summed E-state index contributed by atoms with van der Waals surface area (Å²) in [5.41, 5.74) is 0.888. The molecule has 0 spiro atoms. The van der Waals surface area contributed by atoms with E-state index in [1.165, 1.54) is 6.92 Å². The zero-order valence-electron chi connectivity index (χ0n) is 10.0. The molecule has 2 heterocycles. The maximum Gasteiger partial charge on any atom is 0.325 e. The Morgan fingerprint density at radius 3 is 2.67 bits per heavy atom. The molecule has 2 rings (SSSR count). The third kappa shape index (κ3) is 2.62. The van der Waals surface area contributed by atoms with Gasteiger partial charge in [-0.1, -0.05) is 0 Å². The Balaban J connectivity index is 2.13. The minimum atomic E-state index is -0.941. The normalized spacial score (nSPS) is 12.1. The lowest BCUT2D eigenvalue weighted by Crippen LogP contribution is -2.26. The van der Waals surface area contributed by atoms with Crippen molar-refractivity contribution in [3.05, 3.63) is 30.1 Å². The van der Waals surface area contributed by atoms with Crippen LogP contribution < -0.4 is 5.32 Å². The van der Waals surface area contributed by atoms with Crippen molar-refractivity contribution in [2.75, 3.05) is 5.32 Å². The average molecular weight is 247 g/mol. The van der Waals surface area contributed by atoms with Crippen LogP contribution >= 0.6 is 0 Å². The Bertz CT molecular complexity index is 549. The SMILES string of the molecule is Cc1ccn(-c2ccc(N[C@@H](C)C(=O)O)nn2)n1. The van der Waals surface area contributed by atoms with Crippen LogP contribution in [-0.2, 0) is 4.79 Å². The van der Waals surface area contributed by atoms with Gasteiger partial charge in [-0.2, -0.15) is 5.10 Å². The number of aromatic nitrogens is 4. The van der Waals surface area contributed by atoms with Crippen molar-refractivity contribution in [3.63, 3.8) is 0 Å². The highest BCUT2D eigenvalue weighted by Gasteiger charge is 2.11. The fraction of sp³-hybridized carbons (Fsp3) is 0.273. The smallest absolute Gasteiger partial charge is 0.325 e. The first-order valence-corrected chi connectivity index (χ1v) is 5.42. The minimum Gasteiger partial charge on any atom is -0.480 e. The van der Waals surface area contributed by atoms with Crippen LogP contribution in [0.2, 0.25) is 0 Å². The van der Waals surface area contributed by atoms with Gasteiger partial charge in [0.25, 0.3) is 0 Å². The molecule has 0 bridgehead atoms. The number of carboxylic acids is 1. The van der Waals surface area contributed by atoms with Crippen molar-refractivity contribution in [3.8, 4) is 5.82 Å². The fourth-order valence-corrected chi connectivity index (χ4v) is 1.35. The summed E-state index contributed by atoms with van der Waals surface area (Å²) in [4.78, 5) is 10.7. The van der Waals surface area contributed by atoms with Crippen molar-refractivity contribution in [2.45, 2.75) is 19.9 Å². The Hall–Kier alpha value is -2.44. The molecular formula is C11H13N5O2. The van der Waals surface area contributed by atoms with Gasteiger partial charge in [-0.15, -0.1) is 10.2 Å². The van der Waals surface area contributed by atoms with Crippen molar-refractivity contribution in [1.82, 2.24) is 20.0 Å². The van der Waals surface area contributed by atoms with Crippen LogP contribution in [0.15, 0.2) is 24.4 Å². The minimum absolute atomic E-state index is 0.414. The molecule has 0 saturated heterocycles. The van der Waals surface area contributed by atoms with Crippen molar-refractivity contribution >= 4 is 11.8 Å². The first-order valence-electron chi connectivity index (χ1n) is 5.42. The zero-order valence-corrected chi connectivity index (χ0v) is 10.0. The maximum atomic E-state index is 10.7. The van der Waals surface area contributed by atoms with Crippen molar-refractivity contribution in [1.29, 1.82) is 0 Å². The van der Waals surface area contributed by atoms with Gasteiger partial charge >= 0.3 is 5.97 Å². The van der Waals surface area contributed by atoms with Gasteiger partial charge in [0.15, 0.2) is 5.82 Å². The molecule has 0 saturated carbocycles. The largest absolute Gasteiger partial charge is 0.480 e. The number of carboxylic acid groups (broad SMARTS) is 1. The van der Waals surface area contributed by atoms with Crippen LogP contribution in [0.4, 0.5) is 5.82 Å². The van der Waals surface area contributed by atoms with Crippen LogP contribution in [0.25, 0.3) is 5.82 Å². The van der Waals surface area contributed by atoms with E-state index in [1.807, 2.05) is 13.0 Å². The topological polar surface area (TPSA) is 92.9 Å². The third-order valence-corrected chi connectivity index (χ3v) is 2.34. The van der Waals surface area contributed by atoms with E-state index in [4.69, 9.17) is 5.11 Å². The lowest BCUT2D eigenvalue weighted by atomic mass is 10.3. The lowest BCUT2D eigenvalue weighted by Gasteiger charge is -2.09. The number of nitrogens with one attached hydrogen (secondary N) is 1. The summed E-state index contributed by atoms with van der Waals surface area (Å²) in [6, 6.07) is 4.53. The highest BCUT2D eigenvalue weighted by molar-refractivity contribution is 5.76. The Labute approximate surface area is 103 Å². The average Bonchev–Trinajstić information content (AvgIpc) is 2.76. The number of aliphatic carboxylic acids is 1. The second-order valence-corrected chi connectivity index (χ2v) is 3.88. The van der Waals surface area contributed by atoms with E-state index in [-0.39, 0.29) is 0 Å². The number of anilines is 1. The Morgan fingerprint density at radius 1 is 1.39 bits per heavy atom. The summed E-state index contributed by atoms with van der Waals surface area (Å²) in [5.74, 6) is 0.0535. The van der Waals surface area contributed by atoms with Crippen molar-refractivity contribution < 1.29 is 9.90 Å². The number of aryl methyl sites for hydroxylation is 1. The summed E-state index contributed by atoms with van der Waals surface area (Å²) in [5, 5.41) is 23.5. The highest BCUT2D eigenvalue weighted by Crippen LogP contribution is 2.07. The lowest BCUT2D eigenvalue weighted by molar-refractivity contribution is -0.137. The van der Waals surface area contributed by atoms with E-state index in [9.17, 15) is 4.79 Å². The summed E-state index contributed by atoms with van der Waals surface area (Å²) in [7, 11) is 0. The molecule has 0 fully saturated rings. The number of nitrogens with zero attached hydrogens (tertiary/aromatic N) is 4. The molecule has 18 heavy (non-hydrogen) atoms. The number of hydrogen-bond acceptors (Lipinski definition) is 5. The number of hydrogen-bond donors (Lipinski definition) is 2. The van der Waals surface area contributed by atoms with Gasteiger partial charge < -0.3 is 10.4 Å². The quantitative estimate of drug-likeness (QED) is 0.832. The van der Waals surface area contributed by atoms with Gasteiger partial charge in [0.05, 0.1) is 5.69 Å². The van der Waals surface area contributed by atoms with Crippen LogP contribution in [0.1, 0.15) is 12.6 Å². The molecule has 0 amide bonds. The monoisotopic (exact) mass is 247 g/mol. The first-order chi connectivity index (χ1) is 8.56. The van der Waals surface area contributed by atoms with Crippen molar-refractivity contribution in [2.24, 2.45) is 0 Å². The van der Waals surface area contributed by atoms with E-state index >= 15 is 0 Å².